The normalized spacial score (nSPS) is 15.1. The van der Waals surface area contributed by atoms with Crippen molar-refractivity contribution in [1.29, 1.82) is 0 Å². The summed E-state index contributed by atoms with van der Waals surface area (Å²) in [6, 6.07) is 6.05. The molecule has 2 aromatic rings. The summed E-state index contributed by atoms with van der Waals surface area (Å²) in [5, 5.41) is 4.37. The molecule has 0 aliphatic carbocycles. The monoisotopic (exact) mass is 277 g/mol. The number of fused-ring (bicyclic) bond motifs is 2. The minimum Gasteiger partial charge on any atom is -0.398 e. The van der Waals surface area contributed by atoms with Crippen LogP contribution < -0.4 is 11.1 Å². The maximum absolute atomic E-state index is 6.21. The smallest absolute Gasteiger partial charge is 0.0727 e. The second-order valence-corrected chi connectivity index (χ2v) is 4.95. The van der Waals surface area contributed by atoms with Gasteiger partial charge in [-0.15, -0.1) is 0 Å². The van der Waals surface area contributed by atoms with Crippen molar-refractivity contribution in [1.82, 2.24) is 10.3 Å². The fraction of sp³-hybridized carbons (Fsp3) is 0.250. The topological polar surface area (TPSA) is 50.9 Å². The number of halogens is 1. The van der Waals surface area contributed by atoms with E-state index in [9.17, 15) is 0 Å². The highest BCUT2D eigenvalue weighted by molar-refractivity contribution is 9.10. The molecule has 82 valence electrons. The van der Waals surface area contributed by atoms with E-state index in [1.165, 1.54) is 0 Å². The Labute approximate surface area is 102 Å². The van der Waals surface area contributed by atoms with Gasteiger partial charge in [0, 0.05) is 46.3 Å². The molecule has 3 nitrogen and oxygen atoms in total. The van der Waals surface area contributed by atoms with Gasteiger partial charge in [0.25, 0.3) is 0 Å². The molecular weight excluding hydrogens is 266 g/mol. The molecule has 3 rings (SSSR count). The van der Waals surface area contributed by atoms with E-state index in [1.54, 1.807) is 0 Å². The second kappa shape index (κ2) is 3.71. The highest BCUT2D eigenvalue weighted by Gasteiger charge is 2.15. The second-order valence-electron chi connectivity index (χ2n) is 4.04. The van der Waals surface area contributed by atoms with E-state index in [2.05, 4.69) is 26.2 Å². The SMILES string of the molecule is Nc1c2c(nc3ccc(Br)cc13)CCNC2. The maximum atomic E-state index is 6.21. The number of nitrogens with zero attached hydrogens (tertiary/aromatic N) is 1. The molecule has 1 aromatic carbocycles. The Balaban J connectivity index is 2.35. The van der Waals surface area contributed by atoms with Gasteiger partial charge in [-0.05, 0) is 18.2 Å². The fourth-order valence-corrected chi connectivity index (χ4v) is 2.54. The average Bonchev–Trinajstić information content (AvgIpc) is 2.31. The van der Waals surface area contributed by atoms with Crippen molar-refractivity contribution in [3.63, 3.8) is 0 Å². The first-order chi connectivity index (χ1) is 7.75. The van der Waals surface area contributed by atoms with Gasteiger partial charge >= 0.3 is 0 Å². The van der Waals surface area contributed by atoms with Crippen molar-refractivity contribution in [2.75, 3.05) is 12.3 Å². The largest absolute Gasteiger partial charge is 0.398 e. The number of nitrogens with two attached hydrogens (primary N) is 1. The highest BCUT2D eigenvalue weighted by atomic mass is 79.9. The third-order valence-electron chi connectivity index (χ3n) is 3.02. The molecule has 0 fully saturated rings. The predicted octanol–water partition coefficient (Wildman–Crippen LogP) is 2.23. The number of hydrogen-bond acceptors (Lipinski definition) is 3. The molecule has 1 aromatic heterocycles. The predicted molar refractivity (Wildman–Crippen MR) is 69.3 cm³/mol. The molecule has 0 radical (unpaired) electrons. The van der Waals surface area contributed by atoms with Gasteiger partial charge in [-0.25, -0.2) is 0 Å². The third kappa shape index (κ3) is 1.49. The molecule has 1 aliphatic rings. The summed E-state index contributed by atoms with van der Waals surface area (Å²) in [6.07, 6.45) is 0.964. The first kappa shape index (κ1) is 10.1. The summed E-state index contributed by atoms with van der Waals surface area (Å²) in [7, 11) is 0. The van der Waals surface area contributed by atoms with Gasteiger partial charge in [0.05, 0.1) is 5.52 Å². The van der Waals surface area contributed by atoms with Crippen LogP contribution in [-0.2, 0) is 13.0 Å². The van der Waals surface area contributed by atoms with Crippen LogP contribution in [0.3, 0.4) is 0 Å². The number of pyridine rings is 1. The number of nitrogens with one attached hydrogen (secondary N) is 1. The van der Waals surface area contributed by atoms with Crippen molar-refractivity contribution < 1.29 is 0 Å². The summed E-state index contributed by atoms with van der Waals surface area (Å²) in [4.78, 5) is 4.68. The number of aromatic nitrogens is 1. The number of nitrogen functional groups attached to an aromatic ring is 1. The van der Waals surface area contributed by atoms with E-state index in [1.807, 2.05) is 18.2 Å². The van der Waals surface area contributed by atoms with Gasteiger partial charge in [-0.2, -0.15) is 0 Å². The van der Waals surface area contributed by atoms with Crippen molar-refractivity contribution in [2.45, 2.75) is 13.0 Å². The Morgan fingerprint density at radius 3 is 3.12 bits per heavy atom. The molecule has 0 atom stereocenters. The standard InChI is InChI=1S/C12H12BrN3/c13-7-1-2-10-8(5-7)12(14)9-6-15-4-3-11(9)16-10/h1-2,5,15H,3-4,6H2,(H2,14,16). The van der Waals surface area contributed by atoms with Crippen molar-refractivity contribution in [3.05, 3.63) is 33.9 Å². The van der Waals surface area contributed by atoms with Crippen molar-refractivity contribution >= 4 is 32.5 Å². The summed E-state index contributed by atoms with van der Waals surface area (Å²) in [6.45, 7) is 1.82. The molecule has 0 saturated carbocycles. The lowest BCUT2D eigenvalue weighted by Crippen LogP contribution is -2.25. The van der Waals surface area contributed by atoms with Crippen molar-refractivity contribution in [3.8, 4) is 0 Å². The third-order valence-corrected chi connectivity index (χ3v) is 3.51. The Bertz CT molecular complexity index is 566. The van der Waals surface area contributed by atoms with Crippen LogP contribution in [0, 0.1) is 0 Å². The van der Waals surface area contributed by atoms with Crippen LogP contribution in [0.1, 0.15) is 11.3 Å². The molecule has 3 N–H and O–H groups in total. The average molecular weight is 278 g/mol. The Hall–Kier alpha value is -1.13. The van der Waals surface area contributed by atoms with Crippen LogP contribution in [0.15, 0.2) is 22.7 Å². The number of benzene rings is 1. The highest BCUT2D eigenvalue weighted by Crippen LogP contribution is 2.29. The molecule has 0 spiro atoms. The molecule has 0 bridgehead atoms. The summed E-state index contributed by atoms with van der Waals surface area (Å²) < 4.78 is 1.04. The molecule has 0 saturated heterocycles. The molecule has 2 heterocycles. The molecule has 0 unspecified atom stereocenters. The van der Waals surface area contributed by atoms with E-state index < -0.39 is 0 Å². The minimum absolute atomic E-state index is 0.830. The first-order valence-electron chi connectivity index (χ1n) is 5.33. The summed E-state index contributed by atoms with van der Waals surface area (Å²) in [5.74, 6) is 0. The molecule has 0 amide bonds. The van der Waals surface area contributed by atoms with E-state index in [0.29, 0.717) is 0 Å². The van der Waals surface area contributed by atoms with E-state index in [-0.39, 0.29) is 0 Å². The van der Waals surface area contributed by atoms with E-state index in [0.717, 1.165) is 51.8 Å². The van der Waals surface area contributed by atoms with Crippen molar-refractivity contribution in [2.24, 2.45) is 0 Å². The Kier molecular flexibility index (Phi) is 2.33. The molecule has 16 heavy (non-hydrogen) atoms. The van der Waals surface area contributed by atoms with Crippen LogP contribution >= 0.6 is 15.9 Å². The van der Waals surface area contributed by atoms with Crippen LogP contribution in [-0.4, -0.2) is 11.5 Å². The van der Waals surface area contributed by atoms with Crippen LogP contribution in [0.25, 0.3) is 10.9 Å². The lowest BCUT2D eigenvalue weighted by atomic mass is 10.0. The number of hydrogen-bond donors (Lipinski definition) is 2. The zero-order valence-electron chi connectivity index (χ0n) is 8.76. The van der Waals surface area contributed by atoms with Gasteiger partial charge < -0.3 is 11.1 Å². The first-order valence-corrected chi connectivity index (χ1v) is 6.12. The number of rotatable bonds is 0. The quantitative estimate of drug-likeness (QED) is 0.777. The fourth-order valence-electron chi connectivity index (χ4n) is 2.18. The Morgan fingerprint density at radius 2 is 2.25 bits per heavy atom. The lowest BCUT2D eigenvalue weighted by molar-refractivity contribution is 0.634. The van der Waals surface area contributed by atoms with Gasteiger partial charge in [0.15, 0.2) is 0 Å². The zero-order chi connectivity index (χ0) is 11.1. The minimum atomic E-state index is 0.830. The van der Waals surface area contributed by atoms with Gasteiger partial charge in [-0.1, -0.05) is 15.9 Å². The molecular formula is C12H12BrN3. The lowest BCUT2D eigenvalue weighted by Gasteiger charge is -2.19. The molecule has 4 heteroatoms. The summed E-state index contributed by atoms with van der Waals surface area (Å²) in [5.41, 5.74) is 10.4. The summed E-state index contributed by atoms with van der Waals surface area (Å²) >= 11 is 3.46. The van der Waals surface area contributed by atoms with Crippen LogP contribution in [0.2, 0.25) is 0 Å². The van der Waals surface area contributed by atoms with Gasteiger partial charge in [0.1, 0.15) is 0 Å². The van der Waals surface area contributed by atoms with E-state index in [4.69, 9.17) is 5.73 Å². The van der Waals surface area contributed by atoms with Crippen LogP contribution in [0.4, 0.5) is 5.69 Å². The van der Waals surface area contributed by atoms with Crippen LogP contribution in [0.5, 0.6) is 0 Å². The van der Waals surface area contributed by atoms with Gasteiger partial charge in [0.2, 0.25) is 0 Å². The maximum Gasteiger partial charge on any atom is 0.0727 e. The zero-order valence-corrected chi connectivity index (χ0v) is 10.3. The van der Waals surface area contributed by atoms with E-state index >= 15 is 0 Å². The Morgan fingerprint density at radius 1 is 1.38 bits per heavy atom. The number of anilines is 1. The molecule has 1 aliphatic heterocycles. The van der Waals surface area contributed by atoms with Gasteiger partial charge in [-0.3, -0.25) is 4.98 Å².